The van der Waals surface area contributed by atoms with E-state index in [2.05, 4.69) is 16.8 Å². The van der Waals surface area contributed by atoms with Gasteiger partial charge in [-0.1, -0.05) is 30.0 Å². The zero-order valence-corrected chi connectivity index (χ0v) is 9.43. The maximum atomic E-state index is 8.77. The predicted octanol–water partition coefficient (Wildman–Crippen LogP) is 2.02. The molecule has 2 rings (SSSR count). The molecule has 0 saturated heterocycles. The zero-order chi connectivity index (χ0) is 11.9. The first-order valence-corrected chi connectivity index (χ1v) is 5.51. The summed E-state index contributed by atoms with van der Waals surface area (Å²) in [4.78, 5) is 4.22. The smallest absolute Gasteiger partial charge is 0.0486 e. The van der Waals surface area contributed by atoms with Crippen LogP contribution in [0.1, 0.15) is 16.8 Å². The van der Waals surface area contributed by atoms with Gasteiger partial charge in [0.25, 0.3) is 0 Å². The summed E-state index contributed by atoms with van der Waals surface area (Å²) in [5.41, 5.74) is 2.76. The quantitative estimate of drug-likeness (QED) is 0.790. The Bertz CT molecular complexity index is 520. The highest BCUT2D eigenvalue weighted by atomic mass is 16.3. The van der Waals surface area contributed by atoms with Crippen LogP contribution >= 0.6 is 0 Å². The Hall–Kier alpha value is -2.11. The molecule has 0 atom stereocenters. The average Bonchev–Trinajstić information content (AvgIpc) is 2.40. The third kappa shape index (κ3) is 3.44. The van der Waals surface area contributed by atoms with E-state index in [1.54, 1.807) is 6.20 Å². The van der Waals surface area contributed by atoms with Crippen LogP contribution in [0.4, 0.5) is 0 Å². The van der Waals surface area contributed by atoms with Crippen LogP contribution in [0.2, 0.25) is 0 Å². The van der Waals surface area contributed by atoms with Crippen LogP contribution in [-0.2, 0) is 6.42 Å². The van der Waals surface area contributed by atoms with E-state index in [1.807, 2.05) is 42.5 Å². The van der Waals surface area contributed by atoms with Crippen LogP contribution in [-0.4, -0.2) is 16.7 Å². The molecule has 0 spiro atoms. The Morgan fingerprint density at radius 2 is 1.71 bits per heavy atom. The van der Waals surface area contributed by atoms with Crippen LogP contribution in [0.5, 0.6) is 0 Å². The zero-order valence-electron chi connectivity index (χ0n) is 9.43. The van der Waals surface area contributed by atoms with Gasteiger partial charge in [-0.15, -0.1) is 0 Å². The average molecular weight is 223 g/mol. The van der Waals surface area contributed by atoms with Gasteiger partial charge in [-0.25, -0.2) is 0 Å². The maximum absolute atomic E-state index is 8.77. The van der Waals surface area contributed by atoms with E-state index in [0.717, 1.165) is 16.8 Å². The van der Waals surface area contributed by atoms with Crippen molar-refractivity contribution in [1.82, 2.24) is 4.98 Å². The van der Waals surface area contributed by atoms with Crippen molar-refractivity contribution >= 4 is 0 Å². The van der Waals surface area contributed by atoms with Crippen molar-refractivity contribution < 1.29 is 5.11 Å². The lowest BCUT2D eigenvalue weighted by Gasteiger charge is -1.96. The van der Waals surface area contributed by atoms with Gasteiger partial charge in [0.05, 0.1) is 0 Å². The molecule has 0 aliphatic carbocycles. The summed E-state index contributed by atoms with van der Waals surface area (Å²) < 4.78 is 0. The molecule has 0 unspecified atom stereocenters. The van der Waals surface area contributed by atoms with Gasteiger partial charge in [0.1, 0.15) is 0 Å². The van der Waals surface area contributed by atoms with Crippen LogP contribution < -0.4 is 0 Å². The second-order valence-corrected chi connectivity index (χ2v) is 3.63. The van der Waals surface area contributed by atoms with E-state index in [4.69, 9.17) is 5.11 Å². The first-order valence-electron chi connectivity index (χ1n) is 5.51. The number of hydrogen-bond acceptors (Lipinski definition) is 2. The largest absolute Gasteiger partial charge is 0.396 e. The lowest BCUT2D eigenvalue weighted by Crippen LogP contribution is -1.93. The van der Waals surface area contributed by atoms with Crippen molar-refractivity contribution in [2.75, 3.05) is 6.61 Å². The van der Waals surface area contributed by atoms with Gasteiger partial charge in [-0.3, -0.25) is 4.98 Å². The first-order chi connectivity index (χ1) is 8.38. The fourth-order valence-corrected chi connectivity index (χ4v) is 1.43. The molecule has 1 heterocycles. The Balaban J connectivity index is 2.12. The van der Waals surface area contributed by atoms with Gasteiger partial charge in [-0.05, 0) is 24.3 Å². The van der Waals surface area contributed by atoms with Crippen LogP contribution in [0.25, 0.3) is 0 Å². The highest BCUT2D eigenvalue weighted by Crippen LogP contribution is 2.01. The summed E-state index contributed by atoms with van der Waals surface area (Å²) in [5.74, 6) is 6.13. The number of rotatable bonds is 2. The molecule has 1 N–H and O–H groups in total. The van der Waals surface area contributed by atoms with Crippen molar-refractivity contribution in [3.63, 3.8) is 0 Å². The van der Waals surface area contributed by atoms with Crippen molar-refractivity contribution in [1.29, 1.82) is 0 Å². The molecule has 84 valence electrons. The molecular weight excluding hydrogens is 210 g/mol. The second kappa shape index (κ2) is 5.83. The summed E-state index contributed by atoms with van der Waals surface area (Å²) >= 11 is 0. The molecule has 2 aromatic rings. The highest BCUT2D eigenvalue weighted by Gasteiger charge is 1.92. The third-order valence-electron chi connectivity index (χ3n) is 2.32. The molecule has 0 aliphatic heterocycles. The Morgan fingerprint density at radius 3 is 2.35 bits per heavy atom. The van der Waals surface area contributed by atoms with Gasteiger partial charge < -0.3 is 5.11 Å². The summed E-state index contributed by atoms with van der Waals surface area (Å²) in [6.07, 6.45) is 2.33. The van der Waals surface area contributed by atoms with Crippen LogP contribution in [0.3, 0.4) is 0 Å². The molecule has 2 nitrogen and oxygen atoms in total. The Morgan fingerprint density at radius 1 is 0.941 bits per heavy atom. The van der Waals surface area contributed by atoms with Gasteiger partial charge in [0.2, 0.25) is 0 Å². The van der Waals surface area contributed by atoms with Gasteiger partial charge in [-0.2, -0.15) is 0 Å². The number of aliphatic hydroxyl groups is 1. The van der Waals surface area contributed by atoms with Crippen molar-refractivity contribution in [3.8, 4) is 11.8 Å². The van der Waals surface area contributed by atoms with Crippen molar-refractivity contribution in [3.05, 3.63) is 65.5 Å². The van der Waals surface area contributed by atoms with E-state index in [1.165, 1.54) is 0 Å². The number of aromatic nitrogens is 1. The minimum atomic E-state index is 0.127. The molecule has 0 fully saturated rings. The van der Waals surface area contributed by atoms with E-state index in [9.17, 15) is 0 Å². The Kier molecular flexibility index (Phi) is 3.90. The number of benzene rings is 1. The lowest BCUT2D eigenvalue weighted by molar-refractivity contribution is 0.298. The molecule has 1 aromatic heterocycles. The number of aliphatic hydroxyl groups excluding tert-OH is 1. The predicted molar refractivity (Wildman–Crippen MR) is 67.4 cm³/mol. The topological polar surface area (TPSA) is 33.1 Å². The van der Waals surface area contributed by atoms with E-state index in [-0.39, 0.29) is 6.61 Å². The number of pyridine rings is 1. The standard InChI is InChI=1S/C15H13NO/c17-11-10-15-9-8-14(12-16-15)7-6-13-4-2-1-3-5-13/h1-5,8-9,12,17H,10-11H2. The van der Waals surface area contributed by atoms with E-state index < -0.39 is 0 Å². The lowest BCUT2D eigenvalue weighted by atomic mass is 10.2. The molecule has 0 aliphatic rings. The molecular formula is C15H13NO. The molecule has 0 amide bonds. The SMILES string of the molecule is OCCc1ccc(C#Cc2ccccc2)cn1. The number of hydrogen-bond donors (Lipinski definition) is 1. The van der Waals surface area contributed by atoms with Gasteiger partial charge >= 0.3 is 0 Å². The monoisotopic (exact) mass is 223 g/mol. The molecule has 17 heavy (non-hydrogen) atoms. The van der Waals surface area contributed by atoms with Crippen LogP contribution in [0, 0.1) is 11.8 Å². The first kappa shape index (κ1) is 11.4. The second-order valence-electron chi connectivity index (χ2n) is 3.63. The van der Waals surface area contributed by atoms with Crippen molar-refractivity contribution in [2.45, 2.75) is 6.42 Å². The highest BCUT2D eigenvalue weighted by molar-refractivity contribution is 5.41. The fraction of sp³-hybridized carbons (Fsp3) is 0.133. The molecule has 0 radical (unpaired) electrons. The molecule has 0 bridgehead atoms. The summed E-state index contributed by atoms with van der Waals surface area (Å²) in [5, 5.41) is 8.77. The Labute approximate surface area is 101 Å². The van der Waals surface area contributed by atoms with Crippen molar-refractivity contribution in [2.24, 2.45) is 0 Å². The summed E-state index contributed by atoms with van der Waals surface area (Å²) in [6, 6.07) is 13.7. The van der Waals surface area contributed by atoms with E-state index in [0.29, 0.717) is 6.42 Å². The fourth-order valence-electron chi connectivity index (χ4n) is 1.43. The normalized spacial score (nSPS) is 9.47. The number of nitrogens with zero attached hydrogens (tertiary/aromatic N) is 1. The summed E-state index contributed by atoms with van der Waals surface area (Å²) in [6.45, 7) is 0.127. The molecule has 2 heteroatoms. The minimum Gasteiger partial charge on any atom is -0.396 e. The maximum Gasteiger partial charge on any atom is 0.0486 e. The third-order valence-corrected chi connectivity index (χ3v) is 2.32. The summed E-state index contributed by atoms with van der Waals surface area (Å²) in [7, 11) is 0. The molecule has 0 saturated carbocycles. The van der Waals surface area contributed by atoms with Gasteiger partial charge in [0, 0.05) is 36.0 Å². The minimum absolute atomic E-state index is 0.127. The molecule has 1 aromatic carbocycles. The van der Waals surface area contributed by atoms with E-state index >= 15 is 0 Å². The van der Waals surface area contributed by atoms with Crippen LogP contribution in [0.15, 0.2) is 48.7 Å². The van der Waals surface area contributed by atoms with Gasteiger partial charge in [0.15, 0.2) is 0 Å².